The quantitative estimate of drug-likeness (QED) is 0.289. The summed E-state index contributed by atoms with van der Waals surface area (Å²) >= 11 is 0. The topological polar surface area (TPSA) is 95.9 Å². The summed E-state index contributed by atoms with van der Waals surface area (Å²) in [5.41, 5.74) is 0. The van der Waals surface area contributed by atoms with Crippen LogP contribution in [0.4, 0.5) is 0 Å². The molecule has 1 heterocycles. The number of imide groups is 1. The fraction of sp³-hybridized carbons (Fsp3) is 0.765. The smallest absolute Gasteiger partial charge is 0.250 e. The van der Waals surface area contributed by atoms with Crippen molar-refractivity contribution < 1.29 is 24.5 Å². The molecule has 0 aromatic heterocycles. The number of aliphatic hydroxyl groups is 2. The molecule has 1 rings (SSSR count). The third kappa shape index (κ3) is 15.4. The molecule has 2 amide bonds. The first-order valence-corrected chi connectivity index (χ1v) is 8.45. The molecular weight excluding hydrogens is 298 g/mol. The molecular formula is C17H31NO5. The van der Waals surface area contributed by atoms with Gasteiger partial charge in [-0.2, -0.15) is 0 Å². The van der Waals surface area contributed by atoms with Crippen LogP contribution in [0, 0.1) is 0 Å². The lowest BCUT2D eigenvalue weighted by Crippen LogP contribution is -2.19. The largest absolute Gasteiger partial charge is 0.396 e. The SMILES string of the molecule is COC(O)CCCCCCCCCCCO.O=C1C=CC(=O)N1. The normalized spacial score (nSPS) is 14.4. The predicted molar refractivity (Wildman–Crippen MR) is 88.6 cm³/mol. The fourth-order valence-electron chi connectivity index (χ4n) is 2.14. The minimum absolute atomic E-state index is 0.329. The summed E-state index contributed by atoms with van der Waals surface area (Å²) in [5, 5.41) is 19.8. The first-order valence-electron chi connectivity index (χ1n) is 8.45. The summed E-state index contributed by atoms with van der Waals surface area (Å²) in [4.78, 5) is 20.1. The van der Waals surface area contributed by atoms with Gasteiger partial charge in [-0.1, -0.05) is 44.9 Å². The maximum atomic E-state index is 10.0. The van der Waals surface area contributed by atoms with Gasteiger partial charge in [-0.3, -0.25) is 14.9 Å². The fourth-order valence-corrected chi connectivity index (χ4v) is 2.14. The summed E-state index contributed by atoms with van der Waals surface area (Å²) in [6.07, 6.45) is 13.3. The van der Waals surface area contributed by atoms with Gasteiger partial charge < -0.3 is 14.9 Å². The summed E-state index contributed by atoms with van der Waals surface area (Å²) in [5.74, 6) is -0.657. The molecule has 0 fully saturated rings. The van der Waals surface area contributed by atoms with E-state index in [1.807, 2.05) is 5.32 Å². The van der Waals surface area contributed by atoms with Gasteiger partial charge in [0.2, 0.25) is 0 Å². The molecule has 0 aromatic rings. The maximum absolute atomic E-state index is 10.0. The zero-order valence-corrected chi connectivity index (χ0v) is 14.1. The Morgan fingerprint density at radius 3 is 1.70 bits per heavy atom. The van der Waals surface area contributed by atoms with Gasteiger partial charge >= 0.3 is 0 Å². The molecule has 0 aromatic carbocycles. The number of ether oxygens (including phenoxy) is 1. The van der Waals surface area contributed by atoms with Crippen LogP contribution in [-0.2, 0) is 14.3 Å². The Balaban J connectivity index is 0.000000568. The Morgan fingerprint density at radius 2 is 1.35 bits per heavy atom. The molecule has 3 N–H and O–H groups in total. The molecule has 1 aliphatic heterocycles. The van der Waals surface area contributed by atoms with Crippen molar-refractivity contribution in [2.24, 2.45) is 0 Å². The average molecular weight is 329 g/mol. The first-order chi connectivity index (χ1) is 11.1. The molecule has 134 valence electrons. The van der Waals surface area contributed by atoms with Crippen LogP contribution < -0.4 is 5.32 Å². The van der Waals surface area contributed by atoms with Crippen molar-refractivity contribution >= 4 is 11.8 Å². The minimum atomic E-state index is -0.571. The van der Waals surface area contributed by atoms with Crippen molar-refractivity contribution in [2.45, 2.75) is 70.5 Å². The van der Waals surface area contributed by atoms with Gasteiger partial charge in [0.1, 0.15) is 0 Å². The highest BCUT2D eigenvalue weighted by molar-refractivity contribution is 6.12. The van der Waals surface area contributed by atoms with Crippen LogP contribution in [0.1, 0.15) is 64.2 Å². The van der Waals surface area contributed by atoms with Crippen LogP contribution in [0.25, 0.3) is 0 Å². The second-order valence-electron chi connectivity index (χ2n) is 5.57. The lowest BCUT2D eigenvalue weighted by molar-refractivity contribution is -0.123. The number of hydrogen-bond donors (Lipinski definition) is 3. The predicted octanol–water partition coefficient (Wildman–Crippen LogP) is 2.04. The standard InChI is InChI=1S/C13H28O3.C4H3NO2/c1-16-13(15)11-9-7-5-3-2-4-6-8-10-12-14;6-3-1-2-4(7)5-3/h13-15H,2-12H2,1H3;1-2H,(H,5,6,7). The number of amides is 2. The lowest BCUT2D eigenvalue weighted by atomic mass is 10.1. The van der Waals surface area contributed by atoms with Crippen LogP contribution in [-0.4, -0.2) is 42.0 Å². The zero-order valence-electron chi connectivity index (χ0n) is 14.1. The highest BCUT2D eigenvalue weighted by atomic mass is 16.6. The van der Waals surface area contributed by atoms with E-state index < -0.39 is 6.29 Å². The van der Waals surface area contributed by atoms with Crippen LogP contribution in [0.15, 0.2) is 12.2 Å². The van der Waals surface area contributed by atoms with Crippen molar-refractivity contribution in [3.8, 4) is 0 Å². The van der Waals surface area contributed by atoms with Gasteiger partial charge in [0, 0.05) is 25.9 Å². The van der Waals surface area contributed by atoms with Gasteiger partial charge in [0.05, 0.1) is 0 Å². The van der Waals surface area contributed by atoms with E-state index in [0.717, 1.165) is 25.7 Å². The van der Waals surface area contributed by atoms with Crippen molar-refractivity contribution in [3.05, 3.63) is 12.2 Å². The summed E-state index contributed by atoms with van der Waals surface area (Å²) in [7, 11) is 1.54. The van der Waals surface area contributed by atoms with Crippen LogP contribution in [0.2, 0.25) is 0 Å². The summed E-state index contributed by atoms with van der Waals surface area (Å²) < 4.78 is 4.77. The number of aliphatic hydroxyl groups excluding tert-OH is 2. The van der Waals surface area contributed by atoms with Crippen molar-refractivity contribution in [2.75, 3.05) is 13.7 Å². The van der Waals surface area contributed by atoms with Crippen molar-refractivity contribution in [1.82, 2.24) is 5.32 Å². The van der Waals surface area contributed by atoms with E-state index in [1.165, 1.54) is 57.8 Å². The Morgan fingerprint density at radius 1 is 0.913 bits per heavy atom. The Bertz CT molecular complexity index is 328. The second-order valence-corrected chi connectivity index (χ2v) is 5.57. The van der Waals surface area contributed by atoms with E-state index in [1.54, 1.807) is 0 Å². The zero-order chi connectivity index (χ0) is 17.3. The average Bonchev–Trinajstić information content (AvgIpc) is 2.92. The van der Waals surface area contributed by atoms with E-state index in [-0.39, 0.29) is 11.8 Å². The third-order valence-corrected chi connectivity index (χ3v) is 3.51. The van der Waals surface area contributed by atoms with Crippen LogP contribution in [0.3, 0.4) is 0 Å². The molecule has 0 saturated heterocycles. The summed E-state index contributed by atoms with van der Waals surface area (Å²) in [6, 6.07) is 0. The van der Waals surface area contributed by atoms with E-state index in [0.29, 0.717) is 6.61 Å². The number of hydrogen-bond acceptors (Lipinski definition) is 5. The first kappa shape index (κ1) is 21.8. The minimum Gasteiger partial charge on any atom is -0.396 e. The van der Waals surface area contributed by atoms with E-state index in [9.17, 15) is 9.59 Å². The number of rotatable bonds is 12. The number of carbonyl (C=O) groups is 2. The number of unbranched alkanes of at least 4 members (excludes halogenated alkanes) is 8. The Labute approximate surface area is 138 Å². The van der Waals surface area contributed by atoms with E-state index >= 15 is 0 Å². The van der Waals surface area contributed by atoms with Crippen molar-refractivity contribution in [3.63, 3.8) is 0 Å². The summed E-state index contributed by atoms with van der Waals surface area (Å²) in [6.45, 7) is 0.335. The molecule has 6 nitrogen and oxygen atoms in total. The molecule has 1 atom stereocenters. The highest BCUT2D eigenvalue weighted by Gasteiger charge is 2.06. The number of carbonyl (C=O) groups excluding carboxylic acids is 2. The lowest BCUT2D eigenvalue weighted by Gasteiger charge is -2.07. The Hall–Kier alpha value is -1.24. The van der Waals surface area contributed by atoms with Crippen LogP contribution >= 0.6 is 0 Å². The van der Waals surface area contributed by atoms with Gasteiger partial charge in [-0.15, -0.1) is 0 Å². The van der Waals surface area contributed by atoms with Gasteiger partial charge in [0.25, 0.3) is 11.8 Å². The maximum Gasteiger partial charge on any atom is 0.250 e. The van der Waals surface area contributed by atoms with Gasteiger partial charge in [-0.05, 0) is 19.3 Å². The third-order valence-electron chi connectivity index (χ3n) is 3.51. The Kier molecular flexibility index (Phi) is 14.8. The van der Waals surface area contributed by atoms with E-state index in [4.69, 9.17) is 14.9 Å². The molecule has 0 bridgehead atoms. The molecule has 0 saturated carbocycles. The molecule has 0 radical (unpaired) electrons. The highest BCUT2D eigenvalue weighted by Crippen LogP contribution is 2.11. The molecule has 0 aliphatic carbocycles. The second kappa shape index (κ2) is 15.6. The van der Waals surface area contributed by atoms with E-state index in [2.05, 4.69) is 0 Å². The molecule has 1 aliphatic rings. The number of nitrogens with one attached hydrogen (secondary N) is 1. The molecule has 0 spiro atoms. The van der Waals surface area contributed by atoms with Gasteiger partial charge in [0.15, 0.2) is 6.29 Å². The van der Waals surface area contributed by atoms with Crippen molar-refractivity contribution in [1.29, 1.82) is 0 Å². The molecule has 23 heavy (non-hydrogen) atoms. The molecule has 1 unspecified atom stereocenters. The monoisotopic (exact) mass is 329 g/mol. The number of methoxy groups -OCH3 is 1. The van der Waals surface area contributed by atoms with Crippen LogP contribution in [0.5, 0.6) is 0 Å². The molecule has 6 heteroatoms. The van der Waals surface area contributed by atoms with Gasteiger partial charge in [-0.25, -0.2) is 0 Å².